The molecule has 0 atom stereocenters. The first-order chi connectivity index (χ1) is 15.9. The summed E-state index contributed by atoms with van der Waals surface area (Å²) in [5.74, 6) is 1.15. The molecule has 12 nitrogen and oxygen atoms in total. The van der Waals surface area contributed by atoms with Gasteiger partial charge in [0.05, 0.1) is 18.4 Å². The third kappa shape index (κ3) is 6.24. The lowest BCUT2D eigenvalue weighted by molar-refractivity contribution is -0.711. The van der Waals surface area contributed by atoms with E-state index in [0.29, 0.717) is 42.5 Å². The van der Waals surface area contributed by atoms with Gasteiger partial charge in [-0.1, -0.05) is 11.2 Å². The van der Waals surface area contributed by atoms with Gasteiger partial charge in [-0.2, -0.15) is 5.10 Å². The van der Waals surface area contributed by atoms with Crippen molar-refractivity contribution in [1.29, 1.82) is 0 Å². The largest absolute Gasteiger partial charge is 0.476 e. The normalized spacial score (nSPS) is 11.6. The molecule has 0 unspecified atom stereocenters. The van der Waals surface area contributed by atoms with Crippen molar-refractivity contribution in [2.75, 3.05) is 12.3 Å². The molecule has 0 saturated heterocycles. The number of rotatable bonds is 10. The molecule has 4 heterocycles. The molecular weight excluding hydrogens is 451 g/mol. The van der Waals surface area contributed by atoms with Crippen LogP contribution in [-0.2, 0) is 28.8 Å². The highest BCUT2D eigenvalue weighted by Crippen LogP contribution is 2.35. The Labute approximate surface area is 188 Å². The molecule has 0 aliphatic carbocycles. The quantitative estimate of drug-likeness (QED) is 0.227. The number of nitrogens with zero attached hydrogens (tertiary/aromatic N) is 5. The van der Waals surface area contributed by atoms with Crippen LogP contribution in [0.4, 0.5) is 5.82 Å². The van der Waals surface area contributed by atoms with Crippen LogP contribution in [0.25, 0.3) is 11.3 Å². The van der Waals surface area contributed by atoms with Crippen LogP contribution in [0.3, 0.4) is 0 Å². The summed E-state index contributed by atoms with van der Waals surface area (Å²) in [7, 11) is -4.63. The molecule has 0 aliphatic heterocycles. The van der Waals surface area contributed by atoms with Gasteiger partial charge in [-0.05, 0) is 23.8 Å². The van der Waals surface area contributed by atoms with Crippen molar-refractivity contribution in [1.82, 2.24) is 19.9 Å². The van der Waals surface area contributed by atoms with Gasteiger partial charge in [-0.15, -0.1) is 0 Å². The smallest absolute Gasteiger partial charge is 0.472 e. The SMILES string of the molecule is Nc1c(-c2cc(Cc3ccc(OCCn4cccn4)nc3)no2)ccc[n+]1COP(=O)(O)O. The molecule has 0 aromatic carbocycles. The Bertz CT molecular complexity index is 1240. The Morgan fingerprint density at radius 3 is 2.85 bits per heavy atom. The van der Waals surface area contributed by atoms with Gasteiger partial charge in [0.2, 0.25) is 12.6 Å². The number of ether oxygens (including phenoxy) is 1. The van der Waals surface area contributed by atoms with E-state index in [1.807, 2.05) is 18.3 Å². The van der Waals surface area contributed by atoms with Gasteiger partial charge in [-0.3, -0.25) is 10.4 Å². The monoisotopic (exact) mass is 473 g/mol. The van der Waals surface area contributed by atoms with Crippen molar-refractivity contribution in [3.63, 3.8) is 0 Å². The van der Waals surface area contributed by atoms with Crippen LogP contribution in [0.2, 0.25) is 0 Å². The second-order valence-electron chi connectivity index (χ2n) is 7.01. The van der Waals surface area contributed by atoms with E-state index < -0.39 is 14.6 Å². The summed E-state index contributed by atoms with van der Waals surface area (Å²) in [6.07, 6.45) is 7.31. The van der Waals surface area contributed by atoms with Crippen LogP contribution in [0, 0.1) is 0 Å². The molecule has 4 aromatic rings. The molecule has 4 aromatic heterocycles. The van der Waals surface area contributed by atoms with Gasteiger partial charge in [-0.25, -0.2) is 18.6 Å². The molecule has 0 spiro atoms. The summed E-state index contributed by atoms with van der Waals surface area (Å²) in [4.78, 5) is 22.1. The number of hydrogen-bond acceptors (Lipinski definition) is 8. The van der Waals surface area contributed by atoms with Crippen LogP contribution in [0.15, 0.2) is 65.7 Å². The number of pyridine rings is 2. The lowest BCUT2D eigenvalue weighted by Crippen LogP contribution is -2.38. The Kier molecular flexibility index (Phi) is 6.80. The first-order valence-corrected chi connectivity index (χ1v) is 11.4. The van der Waals surface area contributed by atoms with Crippen molar-refractivity contribution >= 4 is 13.6 Å². The number of phosphoric acid groups is 1. The minimum atomic E-state index is -4.63. The van der Waals surface area contributed by atoms with E-state index in [0.717, 1.165) is 5.56 Å². The highest BCUT2D eigenvalue weighted by atomic mass is 31.2. The van der Waals surface area contributed by atoms with Crippen molar-refractivity contribution in [2.45, 2.75) is 19.7 Å². The fourth-order valence-corrected chi connectivity index (χ4v) is 3.31. The van der Waals surface area contributed by atoms with E-state index in [1.165, 1.54) is 10.8 Å². The Morgan fingerprint density at radius 1 is 1.24 bits per heavy atom. The van der Waals surface area contributed by atoms with Gasteiger partial charge in [0.25, 0.3) is 5.82 Å². The molecule has 0 aliphatic rings. The first kappa shape index (κ1) is 22.6. The maximum atomic E-state index is 10.9. The number of aromatic nitrogens is 5. The van der Waals surface area contributed by atoms with Crippen molar-refractivity contribution < 1.29 is 32.7 Å². The average Bonchev–Trinajstić information content (AvgIpc) is 3.46. The third-order valence-corrected chi connectivity index (χ3v) is 5.07. The molecule has 0 fully saturated rings. The second-order valence-corrected chi connectivity index (χ2v) is 8.25. The predicted octanol–water partition coefficient (Wildman–Crippen LogP) is 1.54. The molecule has 0 radical (unpaired) electrons. The molecule has 0 saturated carbocycles. The summed E-state index contributed by atoms with van der Waals surface area (Å²) < 4.78 is 29.6. The van der Waals surface area contributed by atoms with Gasteiger partial charge in [0.15, 0.2) is 5.76 Å². The summed E-state index contributed by atoms with van der Waals surface area (Å²) >= 11 is 0. The fourth-order valence-electron chi connectivity index (χ4n) is 3.03. The van der Waals surface area contributed by atoms with Crippen LogP contribution >= 0.6 is 7.82 Å². The minimum absolute atomic E-state index is 0.215. The predicted molar refractivity (Wildman–Crippen MR) is 114 cm³/mol. The fraction of sp³-hybridized carbons (Fsp3) is 0.200. The highest BCUT2D eigenvalue weighted by molar-refractivity contribution is 7.46. The number of nitrogen functional groups attached to an aromatic ring is 1. The number of anilines is 1. The van der Waals surface area contributed by atoms with Crippen LogP contribution in [0.1, 0.15) is 11.3 Å². The molecule has 13 heteroatoms. The van der Waals surface area contributed by atoms with Gasteiger partial charge in [0, 0.05) is 37.1 Å². The number of phosphoric ester groups is 1. The summed E-state index contributed by atoms with van der Waals surface area (Å²) in [5, 5.41) is 8.20. The zero-order valence-corrected chi connectivity index (χ0v) is 18.3. The molecule has 4 rings (SSSR count). The molecule has 172 valence electrons. The first-order valence-electron chi connectivity index (χ1n) is 9.86. The Hall–Kier alpha value is -3.57. The van der Waals surface area contributed by atoms with Crippen molar-refractivity contribution in [2.24, 2.45) is 0 Å². The number of nitrogens with two attached hydrogens (primary N) is 1. The molecule has 0 bridgehead atoms. The van der Waals surface area contributed by atoms with E-state index in [1.54, 1.807) is 41.3 Å². The molecule has 4 N–H and O–H groups in total. The highest BCUT2D eigenvalue weighted by Gasteiger charge is 2.20. The van der Waals surface area contributed by atoms with Crippen molar-refractivity contribution in [3.05, 3.63) is 72.4 Å². The maximum absolute atomic E-state index is 10.9. The lowest BCUT2D eigenvalue weighted by Gasteiger charge is -2.07. The van der Waals surface area contributed by atoms with Gasteiger partial charge in [0.1, 0.15) is 12.2 Å². The van der Waals surface area contributed by atoms with Crippen LogP contribution in [-0.4, -0.2) is 36.3 Å². The zero-order chi connectivity index (χ0) is 23.3. The second kappa shape index (κ2) is 9.92. The average molecular weight is 473 g/mol. The Morgan fingerprint density at radius 2 is 2.12 bits per heavy atom. The topological polar surface area (TPSA) is 163 Å². The minimum Gasteiger partial charge on any atom is -0.476 e. The molecule has 33 heavy (non-hydrogen) atoms. The van der Waals surface area contributed by atoms with Gasteiger partial charge >= 0.3 is 7.82 Å². The van der Waals surface area contributed by atoms with E-state index in [4.69, 9.17) is 24.8 Å². The molecular formula is C20H22N6O6P+. The van der Waals surface area contributed by atoms with Crippen LogP contribution < -0.4 is 15.0 Å². The molecule has 0 amide bonds. The zero-order valence-electron chi connectivity index (χ0n) is 17.4. The lowest BCUT2D eigenvalue weighted by atomic mass is 10.1. The van der Waals surface area contributed by atoms with Crippen LogP contribution in [0.5, 0.6) is 5.88 Å². The summed E-state index contributed by atoms with van der Waals surface area (Å²) in [6.45, 7) is 0.678. The maximum Gasteiger partial charge on any atom is 0.472 e. The summed E-state index contributed by atoms with van der Waals surface area (Å²) in [6, 6.07) is 10.7. The summed E-state index contributed by atoms with van der Waals surface area (Å²) in [5.41, 5.74) is 8.21. The number of hydrogen-bond donors (Lipinski definition) is 3. The van der Waals surface area contributed by atoms with E-state index in [-0.39, 0.29) is 5.82 Å². The third-order valence-electron chi connectivity index (χ3n) is 4.62. The van der Waals surface area contributed by atoms with E-state index >= 15 is 0 Å². The van der Waals surface area contributed by atoms with E-state index in [2.05, 4.69) is 19.8 Å². The Balaban J connectivity index is 1.37. The van der Waals surface area contributed by atoms with Gasteiger partial charge < -0.3 is 19.0 Å². The standard InChI is InChI=1S/C20H21N6O6P/c21-20-17(3-1-7-25(20)14-31-33(27,28)29)18-12-16(24-32-18)11-15-4-5-19(22-13-15)30-10-9-26-8-2-6-23-26/h1-8,12-13,21H,9-11,14H2,(H2,27,28,29)/p+1. The van der Waals surface area contributed by atoms with Crippen molar-refractivity contribution in [3.8, 4) is 17.2 Å². The van der Waals surface area contributed by atoms with E-state index in [9.17, 15) is 4.57 Å².